The maximum Gasteiger partial charge on any atom is 0.255 e. The molecule has 136 valence electrons. The Bertz CT molecular complexity index is 646. The molecule has 1 heterocycles. The molecular formula is C18H24N2O5. The molecule has 1 saturated carbocycles. The van der Waals surface area contributed by atoms with Crippen LogP contribution in [0.25, 0.3) is 0 Å². The molecule has 2 fully saturated rings. The van der Waals surface area contributed by atoms with Gasteiger partial charge in [0.1, 0.15) is 0 Å². The van der Waals surface area contributed by atoms with Crippen molar-refractivity contribution in [3.05, 3.63) is 23.8 Å². The molecule has 0 radical (unpaired) electrons. The number of fused-ring (bicyclic) bond motifs is 1. The van der Waals surface area contributed by atoms with Crippen molar-refractivity contribution in [3.8, 4) is 11.5 Å². The van der Waals surface area contributed by atoms with Gasteiger partial charge in [-0.2, -0.15) is 0 Å². The third-order valence-corrected chi connectivity index (χ3v) is 4.77. The number of hydrogen-bond donors (Lipinski definition) is 1. The summed E-state index contributed by atoms with van der Waals surface area (Å²) >= 11 is 0. The molecule has 7 heteroatoms. The van der Waals surface area contributed by atoms with Crippen LogP contribution in [-0.2, 0) is 9.53 Å². The first-order valence-corrected chi connectivity index (χ1v) is 8.62. The number of ether oxygens (including phenoxy) is 3. The van der Waals surface area contributed by atoms with Gasteiger partial charge in [0.05, 0.1) is 25.9 Å². The Kier molecular flexibility index (Phi) is 5.43. The van der Waals surface area contributed by atoms with E-state index in [1.165, 1.54) is 7.11 Å². The maximum atomic E-state index is 13.0. The van der Waals surface area contributed by atoms with Crippen molar-refractivity contribution in [1.29, 1.82) is 0 Å². The van der Waals surface area contributed by atoms with Crippen LogP contribution in [-0.4, -0.2) is 55.7 Å². The third-order valence-electron chi connectivity index (χ3n) is 4.77. The van der Waals surface area contributed by atoms with E-state index in [1.807, 2.05) is 4.90 Å². The minimum Gasteiger partial charge on any atom is -0.493 e. The lowest BCUT2D eigenvalue weighted by Gasteiger charge is -2.43. The van der Waals surface area contributed by atoms with Crippen LogP contribution in [0, 0.1) is 0 Å². The van der Waals surface area contributed by atoms with Gasteiger partial charge in [0.2, 0.25) is 0 Å². The summed E-state index contributed by atoms with van der Waals surface area (Å²) in [4.78, 5) is 25.8. The van der Waals surface area contributed by atoms with Gasteiger partial charge in [0.25, 0.3) is 11.8 Å². The lowest BCUT2D eigenvalue weighted by atomic mass is 9.89. The summed E-state index contributed by atoms with van der Waals surface area (Å²) in [7, 11) is 1.49. The molecule has 25 heavy (non-hydrogen) atoms. The van der Waals surface area contributed by atoms with Crippen LogP contribution in [0.15, 0.2) is 18.2 Å². The summed E-state index contributed by atoms with van der Waals surface area (Å²) in [6.07, 6.45) is 4.41. The molecule has 0 bridgehead atoms. The topological polar surface area (TPSA) is 91.1 Å². The van der Waals surface area contributed by atoms with Crippen LogP contribution in [0.1, 0.15) is 36.0 Å². The van der Waals surface area contributed by atoms with Gasteiger partial charge < -0.3 is 24.8 Å². The summed E-state index contributed by atoms with van der Waals surface area (Å²) in [6.45, 7) is 0.933. The SMILES string of the molecule is COc1cc(C(=O)N2CCOC3CCCCC32)ccc1OCC(N)=O. The molecule has 1 aliphatic heterocycles. The van der Waals surface area contributed by atoms with Crippen LogP contribution < -0.4 is 15.2 Å². The normalized spacial score (nSPS) is 22.8. The van der Waals surface area contributed by atoms with Crippen molar-refractivity contribution in [2.24, 2.45) is 5.73 Å². The molecule has 1 aromatic carbocycles. The second kappa shape index (κ2) is 7.74. The zero-order valence-corrected chi connectivity index (χ0v) is 14.4. The van der Waals surface area contributed by atoms with Gasteiger partial charge in [0.15, 0.2) is 18.1 Å². The summed E-state index contributed by atoms with van der Waals surface area (Å²) < 4.78 is 16.4. The number of rotatable bonds is 5. The van der Waals surface area contributed by atoms with Crippen LogP contribution in [0.2, 0.25) is 0 Å². The highest BCUT2D eigenvalue weighted by atomic mass is 16.5. The predicted octanol–water partition coefficient (Wildman–Crippen LogP) is 1.34. The van der Waals surface area contributed by atoms with E-state index in [2.05, 4.69) is 0 Å². The number of amides is 2. The number of morpholine rings is 1. The van der Waals surface area contributed by atoms with Crippen molar-refractivity contribution in [1.82, 2.24) is 4.90 Å². The summed E-state index contributed by atoms with van der Waals surface area (Å²) in [5, 5.41) is 0. The number of hydrogen-bond acceptors (Lipinski definition) is 5. The molecule has 2 amide bonds. The lowest BCUT2D eigenvalue weighted by molar-refractivity contribution is -0.119. The van der Waals surface area contributed by atoms with E-state index in [0.717, 1.165) is 25.7 Å². The Morgan fingerprint density at radius 2 is 2.08 bits per heavy atom. The van der Waals surface area contributed by atoms with Crippen LogP contribution in [0.3, 0.4) is 0 Å². The van der Waals surface area contributed by atoms with Crippen LogP contribution in [0.5, 0.6) is 11.5 Å². The van der Waals surface area contributed by atoms with Crippen molar-refractivity contribution in [3.63, 3.8) is 0 Å². The molecule has 0 spiro atoms. The molecule has 1 aliphatic carbocycles. The molecule has 2 aliphatic rings. The van der Waals surface area contributed by atoms with Gasteiger partial charge in [-0.05, 0) is 31.0 Å². The van der Waals surface area contributed by atoms with Gasteiger partial charge in [-0.25, -0.2) is 0 Å². The predicted molar refractivity (Wildman–Crippen MR) is 90.7 cm³/mol. The minimum absolute atomic E-state index is 0.0278. The zero-order chi connectivity index (χ0) is 17.8. The molecule has 2 atom stereocenters. The molecular weight excluding hydrogens is 324 g/mol. The largest absolute Gasteiger partial charge is 0.493 e. The average Bonchev–Trinajstić information content (AvgIpc) is 2.65. The van der Waals surface area contributed by atoms with Gasteiger partial charge >= 0.3 is 0 Å². The molecule has 7 nitrogen and oxygen atoms in total. The van der Waals surface area contributed by atoms with E-state index in [-0.39, 0.29) is 24.7 Å². The van der Waals surface area contributed by atoms with E-state index in [9.17, 15) is 9.59 Å². The smallest absolute Gasteiger partial charge is 0.255 e. The minimum atomic E-state index is -0.570. The number of nitrogens with two attached hydrogens (primary N) is 1. The van der Waals surface area contributed by atoms with Crippen molar-refractivity contribution in [2.75, 3.05) is 26.9 Å². The second-order valence-electron chi connectivity index (χ2n) is 6.38. The first-order chi connectivity index (χ1) is 12.1. The van der Waals surface area contributed by atoms with Crippen molar-refractivity contribution >= 4 is 11.8 Å². The Morgan fingerprint density at radius 1 is 1.28 bits per heavy atom. The fraction of sp³-hybridized carbons (Fsp3) is 0.556. The van der Waals surface area contributed by atoms with E-state index < -0.39 is 5.91 Å². The summed E-state index contributed by atoms with van der Waals surface area (Å²) in [5.41, 5.74) is 5.63. The van der Waals surface area contributed by atoms with Crippen LogP contribution >= 0.6 is 0 Å². The van der Waals surface area contributed by atoms with E-state index in [4.69, 9.17) is 19.9 Å². The van der Waals surface area contributed by atoms with E-state index >= 15 is 0 Å². The first kappa shape index (κ1) is 17.5. The Labute approximate surface area is 147 Å². The highest BCUT2D eigenvalue weighted by molar-refractivity contribution is 5.95. The highest BCUT2D eigenvalue weighted by Crippen LogP contribution is 2.32. The third kappa shape index (κ3) is 3.87. The first-order valence-electron chi connectivity index (χ1n) is 8.62. The van der Waals surface area contributed by atoms with Crippen LogP contribution in [0.4, 0.5) is 0 Å². The van der Waals surface area contributed by atoms with Gasteiger partial charge in [-0.1, -0.05) is 12.8 Å². The number of nitrogens with zero attached hydrogens (tertiary/aromatic N) is 1. The Hall–Kier alpha value is -2.28. The lowest BCUT2D eigenvalue weighted by Crippen LogP contribution is -2.54. The number of primary amides is 1. The molecule has 3 rings (SSSR count). The zero-order valence-electron chi connectivity index (χ0n) is 14.4. The standard InChI is InChI=1S/C18H24N2O5/c1-23-16-10-12(6-7-15(16)25-11-17(19)21)18(22)20-8-9-24-14-5-3-2-4-13(14)20/h6-7,10,13-14H,2-5,8-9,11H2,1H3,(H2,19,21). The highest BCUT2D eigenvalue weighted by Gasteiger charge is 2.37. The van der Waals surface area contributed by atoms with Crippen molar-refractivity contribution < 1.29 is 23.8 Å². The summed E-state index contributed by atoms with van der Waals surface area (Å²) in [6, 6.07) is 5.11. The maximum absolute atomic E-state index is 13.0. The van der Waals surface area contributed by atoms with E-state index in [0.29, 0.717) is 30.2 Å². The summed E-state index contributed by atoms with van der Waals surface area (Å²) in [5.74, 6) is 0.190. The fourth-order valence-corrected chi connectivity index (χ4v) is 3.58. The van der Waals surface area contributed by atoms with Crippen molar-refractivity contribution in [2.45, 2.75) is 37.8 Å². The molecule has 2 N–H and O–H groups in total. The second-order valence-corrected chi connectivity index (χ2v) is 6.38. The number of benzene rings is 1. The van der Waals surface area contributed by atoms with Gasteiger partial charge in [-0.15, -0.1) is 0 Å². The average molecular weight is 348 g/mol. The number of carbonyl (C=O) groups excluding carboxylic acids is 2. The van der Waals surface area contributed by atoms with E-state index in [1.54, 1.807) is 18.2 Å². The van der Waals surface area contributed by atoms with Gasteiger partial charge in [0, 0.05) is 12.1 Å². The van der Waals surface area contributed by atoms with Gasteiger partial charge in [-0.3, -0.25) is 9.59 Å². The Morgan fingerprint density at radius 3 is 2.84 bits per heavy atom. The number of carbonyl (C=O) groups is 2. The fourth-order valence-electron chi connectivity index (χ4n) is 3.58. The molecule has 1 saturated heterocycles. The quantitative estimate of drug-likeness (QED) is 0.867. The molecule has 1 aromatic rings. The number of methoxy groups -OCH3 is 1. The monoisotopic (exact) mass is 348 g/mol. The Balaban J connectivity index is 1.78. The molecule has 0 aromatic heterocycles. The molecule has 2 unspecified atom stereocenters.